The van der Waals surface area contributed by atoms with Crippen molar-refractivity contribution in [1.29, 1.82) is 0 Å². The minimum Gasteiger partial charge on any atom is -0.481 e. The normalized spacial score (nSPS) is 14.9. The van der Waals surface area contributed by atoms with Crippen molar-refractivity contribution in [3.8, 4) is 0 Å². The maximum absolute atomic E-state index is 12.5. The highest BCUT2D eigenvalue weighted by Gasteiger charge is 2.30. The van der Waals surface area contributed by atoms with Crippen LogP contribution in [0.15, 0.2) is 0 Å². The lowest BCUT2D eigenvalue weighted by atomic mass is 10.0. The highest BCUT2D eigenvalue weighted by molar-refractivity contribution is 5.94. The van der Waals surface area contributed by atoms with E-state index in [0.29, 0.717) is 0 Å². The predicted octanol–water partition coefficient (Wildman–Crippen LogP) is -3.25. The van der Waals surface area contributed by atoms with Gasteiger partial charge in [-0.15, -0.1) is 0 Å². The number of nitrogens with two attached hydrogens (primary N) is 1. The van der Waals surface area contributed by atoms with Gasteiger partial charge in [0.05, 0.1) is 13.2 Å². The van der Waals surface area contributed by atoms with Crippen LogP contribution < -0.4 is 21.7 Å². The van der Waals surface area contributed by atoms with Crippen LogP contribution in [0.5, 0.6) is 0 Å². The Bertz CT molecular complexity index is 626. The fourth-order valence-electron chi connectivity index (χ4n) is 2.33. The van der Waals surface area contributed by atoms with E-state index in [0.717, 1.165) is 0 Å². The number of aliphatic hydroxyl groups is 2. The van der Waals surface area contributed by atoms with Crippen LogP contribution in [0.25, 0.3) is 0 Å². The monoisotopic (exact) mass is 434 g/mol. The molecule has 0 radical (unpaired) electrons. The molecule has 0 aromatic rings. The number of aliphatic hydroxyl groups excluding tert-OH is 2. The van der Waals surface area contributed by atoms with Crippen molar-refractivity contribution in [2.75, 3.05) is 13.2 Å². The number of carbonyl (C=O) groups is 5. The zero-order chi connectivity index (χ0) is 23.4. The summed E-state index contributed by atoms with van der Waals surface area (Å²) in [5.74, 6) is -5.44. The van der Waals surface area contributed by atoms with Gasteiger partial charge in [0, 0.05) is 6.42 Å². The zero-order valence-electron chi connectivity index (χ0n) is 16.8. The molecule has 0 aromatic heterocycles. The van der Waals surface area contributed by atoms with Crippen LogP contribution in [-0.2, 0) is 24.0 Å². The molecule has 172 valence electrons. The molecular weight excluding hydrogens is 404 g/mol. The molecule has 3 amide bonds. The largest absolute Gasteiger partial charge is 0.481 e. The van der Waals surface area contributed by atoms with Crippen molar-refractivity contribution < 1.29 is 44.4 Å². The zero-order valence-corrected chi connectivity index (χ0v) is 16.8. The van der Waals surface area contributed by atoms with Crippen LogP contribution in [0.2, 0.25) is 0 Å². The van der Waals surface area contributed by atoms with E-state index >= 15 is 0 Å². The van der Waals surface area contributed by atoms with Crippen molar-refractivity contribution in [3.05, 3.63) is 0 Å². The average molecular weight is 434 g/mol. The van der Waals surface area contributed by atoms with Gasteiger partial charge < -0.3 is 42.1 Å². The molecule has 0 aliphatic heterocycles. The number of carboxylic acid groups (broad SMARTS) is 2. The molecular formula is C17H30N4O9. The minimum absolute atomic E-state index is 0.102. The number of carboxylic acids is 2. The molecule has 0 rings (SSSR count). The summed E-state index contributed by atoms with van der Waals surface area (Å²) in [6, 6.07) is -5.45. The van der Waals surface area contributed by atoms with E-state index < -0.39 is 73.5 Å². The quantitative estimate of drug-likeness (QED) is 0.136. The number of amides is 3. The van der Waals surface area contributed by atoms with Crippen LogP contribution in [0.4, 0.5) is 0 Å². The third-order valence-corrected chi connectivity index (χ3v) is 3.95. The highest BCUT2D eigenvalue weighted by atomic mass is 16.4. The minimum atomic E-state index is -1.48. The third kappa shape index (κ3) is 10.1. The first-order chi connectivity index (χ1) is 13.9. The molecule has 9 N–H and O–H groups in total. The summed E-state index contributed by atoms with van der Waals surface area (Å²) in [6.45, 7) is 1.99. The summed E-state index contributed by atoms with van der Waals surface area (Å²) in [6.07, 6.45) is -0.736. The van der Waals surface area contributed by atoms with Gasteiger partial charge in [0.25, 0.3) is 0 Å². The Labute approximate surface area is 173 Å². The Morgan fingerprint density at radius 1 is 0.800 bits per heavy atom. The topological polar surface area (TPSA) is 228 Å². The molecule has 0 saturated heterocycles. The predicted molar refractivity (Wildman–Crippen MR) is 102 cm³/mol. The summed E-state index contributed by atoms with van der Waals surface area (Å²) in [5.41, 5.74) is 5.33. The van der Waals surface area contributed by atoms with Gasteiger partial charge in [-0.05, 0) is 18.8 Å². The fourth-order valence-corrected chi connectivity index (χ4v) is 2.33. The first-order valence-electron chi connectivity index (χ1n) is 9.25. The second kappa shape index (κ2) is 13.5. The summed E-state index contributed by atoms with van der Waals surface area (Å²) in [5, 5.41) is 42.7. The summed E-state index contributed by atoms with van der Waals surface area (Å²) >= 11 is 0. The van der Waals surface area contributed by atoms with E-state index in [4.69, 9.17) is 15.9 Å². The maximum Gasteiger partial charge on any atom is 0.326 e. The Kier molecular flexibility index (Phi) is 12.2. The second-order valence-corrected chi connectivity index (χ2v) is 7.06. The van der Waals surface area contributed by atoms with Gasteiger partial charge in [0.2, 0.25) is 17.7 Å². The second-order valence-electron chi connectivity index (χ2n) is 7.06. The van der Waals surface area contributed by atoms with Crippen LogP contribution in [-0.4, -0.2) is 87.5 Å². The summed E-state index contributed by atoms with van der Waals surface area (Å²) in [7, 11) is 0. The molecule has 0 saturated carbocycles. The first kappa shape index (κ1) is 27.2. The van der Waals surface area contributed by atoms with Gasteiger partial charge in [-0.25, -0.2) is 4.79 Å². The first-order valence-corrected chi connectivity index (χ1v) is 9.25. The van der Waals surface area contributed by atoms with Gasteiger partial charge in [-0.1, -0.05) is 13.8 Å². The van der Waals surface area contributed by atoms with E-state index in [-0.39, 0.29) is 18.8 Å². The molecule has 0 fully saturated rings. The lowest BCUT2D eigenvalue weighted by molar-refractivity contribution is -0.143. The highest BCUT2D eigenvalue weighted by Crippen LogP contribution is 2.07. The molecule has 0 aliphatic rings. The third-order valence-electron chi connectivity index (χ3n) is 3.95. The van der Waals surface area contributed by atoms with Crippen molar-refractivity contribution in [1.82, 2.24) is 16.0 Å². The molecule has 4 atom stereocenters. The van der Waals surface area contributed by atoms with E-state index in [1.54, 1.807) is 13.8 Å². The molecule has 0 heterocycles. The van der Waals surface area contributed by atoms with Gasteiger partial charge in [0.15, 0.2) is 0 Å². The molecule has 0 aromatic carbocycles. The molecule has 0 bridgehead atoms. The molecule has 0 spiro atoms. The van der Waals surface area contributed by atoms with E-state index in [2.05, 4.69) is 16.0 Å². The molecule has 13 heteroatoms. The van der Waals surface area contributed by atoms with Gasteiger partial charge in [0.1, 0.15) is 24.2 Å². The Balaban J connectivity index is 5.25. The Morgan fingerprint density at radius 2 is 1.30 bits per heavy atom. The van der Waals surface area contributed by atoms with Crippen molar-refractivity contribution in [3.63, 3.8) is 0 Å². The number of carbonyl (C=O) groups excluding carboxylic acids is 3. The maximum atomic E-state index is 12.5. The van der Waals surface area contributed by atoms with Crippen molar-refractivity contribution in [2.45, 2.75) is 57.3 Å². The van der Waals surface area contributed by atoms with Crippen LogP contribution in [0.3, 0.4) is 0 Å². The average Bonchev–Trinajstić information content (AvgIpc) is 2.66. The van der Waals surface area contributed by atoms with E-state index in [1.807, 2.05) is 0 Å². The van der Waals surface area contributed by atoms with Crippen LogP contribution in [0, 0.1) is 5.92 Å². The Morgan fingerprint density at radius 3 is 1.73 bits per heavy atom. The molecule has 4 unspecified atom stereocenters. The van der Waals surface area contributed by atoms with Gasteiger partial charge in [-0.2, -0.15) is 0 Å². The molecule has 30 heavy (non-hydrogen) atoms. The molecule has 13 nitrogen and oxygen atoms in total. The number of aliphatic carboxylic acids is 2. The summed E-state index contributed by atoms with van der Waals surface area (Å²) < 4.78 is 0. The van der Waals surface area contributed by atoms with Gasteiger partial charge >= 0.3 is 11.9 Å². The SMILES string of the molecule is CC(C)CC(NC(=O)C(CO)NC(=O)C(N)CO)C(=O)NC(CCC(=O)O)C(=O)O. The standard InChI is InChI=1S/C17H30N4O9/c1-8(2)5-11(15(27)19-10(17(29)30)3-4-13(24)25)20-16(28)12(7-23)21-14(26)9(18)6-22/h8-12,22-23H,3-7,18H2,1-2H3,(H,19,27)(H,20,28)(H,21,26)(H,24,25)(H,29,30). The van der Waals surface area contributed by atoms with Crippen molar-refractivity contribution >= 4 is 29.7 Å². The van der Waals surface area contributed by atoms with Crippen molar-refractivity contribution in [2.24, 2.45) is 11.7 Å². The van der Waals surface area contributed by atoms with Crippen LogP contribution in [0.1, 0.15) is 33.1 Å². The lowest BCUT2D eigenvalue weighted by Crippen LogP contribution is -2.58. The lowest BCUT2D eigenvalue weighted by Gasteiger charge is -2.25. The fraction of sp³-hybridized carbons (Fsp3) is 0.706. The van der Waals surface area contributed by atoms with E-state index in [1.165, 1.54) is 0 Å². The number of hydrogen-bond donors (Lipinski definition) is 8. The van der Waals surface area contributed by atoms with Crippen LogP contribution >= 0.6 is 0 Å². The smallest absolute Gasteiger partial charge is 0.326 e. The number of hydrogen-bond acceptors (Lipinski definition) is 8. The number of rotatable bonds is 14. The van der Waals surface area contributed by atoms with E-state index in [9.17, 15) is 34.2 Å². The summed E-state index contributed by atoms with van der Waals surface area (Å²) in [4.78, 5) is 58.6. The Hall–Kier alpha value is -2.77. The van der Waals surface area contributed by atoms with Gasteiger partial charge in [-0.3, -0.25) is 19.2 Å². The number of nitrogens with one attached hydrogen (secondary N) is 3. The molecule has 0 aliphatic carbocycles.